The molecule has 0 bridgehead atoms. The van der Waals surface area contributed by atoms with E-state index in [0.29, 0.717) is 25.6 Å². The fourth-order valence-corrected chi connectivity index (χ4v) is 2.35. The number of hydrogen-bond donors (Lipinski definition) is 3. The van der Waals surface area contributed by atoms with E-state index < -0.39 is 11.6 Å². The summed E-state index contributed by atoms with van der Waals surface area (Å²) in [6.45, 7) is 3.36. The fourth-order valence-electron chi connectivity index (χ4n) is 2.35. The van der Waals surface area contributed by atoms with E-state index in [0.717, 1.165) is 23.8 Å². The van der Waals surface area contributed by atoms with Crippen molar-refractivity contribution in [2.24, 2.45) is 4.99 Å². The van der Waals surface area contributed by atoms with E-state index in [9.17, 15) is 13.6 Å². The van der Waals surface area contributed by atoms with Gasteiger partial charge in [-0.3, -0.25) is 4.79 Å². The molecule has 0 fully saturated rings. The molecule has 5 nitrogen and oxygen atoms in total. The van der Waals surface area contributed by atoms with Crippen molar-refractivity contribution in [3.63, 3.8) is 0 Å². The number of amides is 1. The van der Waals surface area contributed by atoms with Crippen LogP contribution in [0.15, 0.2) is 53.5 Å². The molecule has 0 spiro atoms. The molecule has 0 unspecified atom stereocenters. The molecular weight excluding hydrogens is 477 g/mol. The Hall–Kier alpha value is -2.23. The minimum Gasteiger partial charge on any atom is -0.357 e. The van der Waals surface area contributed by atoms with Crippen LogP contribution in [0.25, 0.3) is 0 Å². The molecule has 0 aliphatic carbocycles. The average molecular weight is 502 g/mol. The monoisotopic (exact) mass is 502 g/mol. The van der Waals surface area contributed by atoms with Crippen LogP contribution in [0.5, 0.6) is 0 Å². The van der Waals surface area contributed by atoms with Gasteiger partial charge in [-0.25, -0.2) is 13.8 Å². The summed E-state index contributed by atoms with van der Waals surface area (Å²) in [5.74, 6) is -0.652. The first-order valence-electron chi connectivity index (χ1n) is 8.85. The third-order valence-corrected chi connectivity index (χ3v) is 3.74. The maximum Gasteiger partial charge on any atom is 0.222 e. The third-order valence-electron chi connectivity index (χ3n) is 3.74. The summed E-state index contributed by atoms with van der Waals surface area (Å²) in [7, 11) is 0. The van der Waals surface area contributed by atoms with E-state index in [1.54, 1.807) is 0 Å². The zero-order valence-corrected chi connectivity index (χ0v) is 18.0. The first-order chi connectivity index (χ1) is 13.1. The molecule has 0 aliphatic heterocycles. The maximum absolute atomic E-state index is 13.7. The topological polar surface area (TPSA) is 65.5 Å². The van der Waals surface area contributed by atoms with Crippen LogP contribution in [0.1, 0.15) is 24.5 Å². The van der Waals surface area contributed by atoms with Gasteiger partial charge in [0.2, 0.25) is 5.91 Å². The van der Waals surface area contributed by atoms with Gasteiger partial charge in [0.05, 0.1) is 6.54 Å². The molecule has 152 valence electrons. The third kappa shape index (κ3) is 8.64. The zero-order chi connectivity index (χ0) is 19.5. The van der Waals surface area contributed by atoms with Gasteiger partial charge in [-0.05, 0) is 30.7 Å². The van der Waals surface area contributed by atoms with Gasteiger partial charge in [0.25, 0.3) is 0 Å². The molecule has 0 radical (unpaired) electrons. The standard InChI is InChI=1S/C20H24F2N4O.HI/c1-2-23-20(26-14-16-12-17(21)8-9-18(16)22)24-11-10-19(27)25-13-15-6-4-3-5-7-15;/h3-9,12H,2,10-11,13-14H2,1H3,(H,25,27)(H2,23,24,26);1H. The Morgan fingerprint density at radius 3 is 2.50 bits per heavy atom. The van der Waals surface area contributed by atoms with Crippen molar-refractivity contribution in [1.82, 2.24) is 16.0 Å². The van der Waals surface area contributed by atoms with E-state index in [4.69, 9.17) is 0 Å². The Balaban J connectivity index is 0.00000392. The number of halogens is 3. The van der Waals surface area contributed by atoms with Gasteiger partial charge in [0, 0.05) is 31.6 Å². The van der Waals surface area contributed by atoms with Gasteiger partial charge in [0.1, 0.15) is 11.6 Å². The molecule has 1 amide bonds. The molecule has 0 saturated carbocycles. The highest BCUT2D eigenvalue weighted by molar-refractivity contribution is 14.0. The van der Waals surface area contributed by atoms with Gasteiger partial charge in [-0.2, -0.15) is 0 Å². The molecule has 2 aromatic rings. The van der Waals surface area contributed by atoms with Gasteiger partial charge < -0.3 is 16.0 Å². The lowest BCUT2D eigenvalue weighted by atomic mass is 10.2. The molecule has 28 heavy (non-hydrogen) atoms. The van der Waals surface area contributed by atoms with Crippen LogP contribution in [-0.2, 0) is 17.9 Å². The molecule has 0 aromatic heterocycles. The lowest BCUT2D eigenvalue weighted by Gasteiger charge is -2.11. The summed E-state index contributed by atoms with van der Waals surface area (Å²) < 4.78 is 26.9. The number of rotatable bonds is 8. The van der Waals surface area contributed by atoms with Crippen LogP contribution in [-0.4, -0.2) is 25.0 Å². The smallest absolute Gasteiger partial charge is 0.222 e. The first-order valence-corrected chi connectivity index (χ1v) is 8.85. The van der Waals surface area contributed by atoms with Crippen molar-refractivity contribution >= 4 is 35.8 Å². The fraction of sp³-hybridized carbons (Fsp3) is 0.300. The quantitative estimate of drug-likeness (QED) is 0.295. The molecule has 2 aromatic carbocycles. The van der Waals surface area contributed by atoms with Crippen LogP contribution in [0.3, 0.4) is 0 Å². The molecule has 3 N–H and O–H groups in total. The summed E-state index contributed by atoms with van der Waals surface area (Å²) in [5, 5.41) is 8.87. The predicted octanol–water partition coefficient (Wildman–Crippen LogP) is 3.34. The SMILES string of the molecule is CCNC(=NCc1cc(F)ccc1F)NCCC(=O)NCc1ccccc1.I. The van der Waals surface area contributed by atoms with Crippen molar-refractivity contribution in [2.45, 2.75) is 26.4 Å². The molecule has 0 heterocycles. The van der Waals surface area contributed by atoms with E-state index >= 15 is 0 Å². The average Bonchev–Trinajstić information content (AvgIpc) is 2.67. The van der Waals surface area contributed by atoms with Crippen molar-refractivity contribution in [3.8, 4) is 0 Å². The van der Waals surface area contributed by atoms with Gasteiger partial charge >= 0.3 is 0 Å². The lowest BCUT2D eigenvalue weighted by molar-refractivity contribution is -0.121. The normalized spacial score (nSPS) is 10.8. The summed E-state index contributed by atoms with van der Waals surface area (Å²) in [5.41, 5.74) is 1.21. The Bertz CT molecular complexity index is 772. The van der Waals surface area contributed by atoms with E-state index in [2.05, 4.69) is 20.9 Å². The highest BCUT2D eigenvalue weighted by atomic mass is 127. The van der Waals surface area contributed by atoms with Crippen LogP contribution < -0.4 is 16.0 Å². The summed E-state index contributed by atoms with van der Waals surface area (Å²) >= 11 is 0. The Morgan fingerprint density at radius 2 is 1.79 bits per heavy atom. The Labute approximate surface area is 181 Å². The van der Waals surface area contributed by atoms with Gasteiger partial charge in [-0.1, -0.05) is 30.3 Å². The summed E-state index contributed by atoms with van der Waals surface area (Å²) in [4.78, 5) is 16.1. The number of aliphatic imine (C=N–C) groups is 1. The highest BCUT2D eigenvalue weighted by Crippen LogP contribution is 2.10. The Kier molecular flexibility index (Phi) is 11.1. The lowest BCUT2D eigenvalue weighted by Crippen LogP contribution is -2.39. The van der Waals surface area contributed by atoms with Crippen molar-refractivity contribution < 1.29 is 13.6 Å². The second-order valence-corrected chi connectivity index (χ2v) is 5.87. The number of hydrogen-bond acceptors (Lipinski definition) is 2. The second kappa shape index (κ2) is 13.0. The van der Waals surface area contributed by atoms with Gasteiger partial charge in [0.15, 0.2) is 5.96 Å². The van der Waals surface area contributed by atoms with Crippen LogP contribution in [0, 0.1) is 11.6 Å². The number of carbonyl (C=O) groups is 1. The van der Waals surface area contributed by atoms with E-state index in [-0.39, 0.29) is 48.4 Å². The molecule has 2 rings (SSSR count). The first kappa shape index (κ1) is 23.8. The molecule has 8 heteroatoms. The molecular formula is C20H25F2IN4O. The zero-order valence-electron chi connectivity index (χ0n) is 15.7. The van der Waals surface area contributed by atoms with Crippen molar-refractivity contribution in [3.05, 3.63) is 71.3 Å². The minimum absolute atomic E-state index is 0. The number of guanidine groups is 1. The molecule has 0 saturated heterocycles. The highest BCUT2D eigenvalue weighted by Gasteiger charge is 2.05. The van der Waals surface area contributed by atoms with Crippen LogP contribution >= 0.6 is 24.0 Å². The van der Waals surface area contributed by atoms with Crippen LogP contribution in [0.2, 0.25) is 0 Å². The number of nitrogens with one attached hydrogen (secondary N) is 3. The maximum atomic E-state index is 13.7. The number of benzene rings is 2. The summed E-state index contributed by atoms with van der Waals surface area (Å²) in [6.07, 6.45) is 0.269. The van der Waals surface area contributed by atoms with Crippen molar-refractivity contribution in [1.29, 1.82) is 0 Å². The minimum atomic E-state index is -0.505. The van der Waals surface area contributed by atoms with Crippen LogP contribution in [0.4, 0.5) is 8.78 Å². The number of nitrogens with zero attached hydrogens (tertiary/aromatic N) is 1. The van der Waals surface area contributed by atoms with E-state index in [1.807, 2.05) is 37.3 Å². The van der Waals surface area contributed by atoms with Gasteiger partial charge in [-0.15, -0.1) is 24.0 Å². The molecule has 0 atom stereocenters. The second-order valence-electron chi connectivity index (χ2n) is 5.87. The molecule has 0 aliphatic rings. The number of carbonyl (C=O) groups excluding carboxylic acids is 1. The predicted molar refractivity (Wildman–Crippen MR) is 117 cm³/mol. The summed E-state index contributed by atoms with van der Waals surface area (Å²) in [6, 6.07) is 12.9. The van der Waals surface area contributed by atoms with E-state index in [1.165, 1.54) is 0 Å². The van der Waals surface area contributed by atoms with Crippen molar-refractivity contribution in [2.75, 3.05) is 13.1 Å². The largest absolute Gasteiger partial charge is 0.357 e. The Morgan fingerprint density at radius 1 is 1.04 bits per heavy atom.